The summed E-state index contributed by atoms with van der Waals surface area (Å²) in [5.74, 6) is 1.86. The van der Waals surface area contributed by atoms with Crippen LogP contribution in [0.15, 0.2) is 46.9 Å². The Hall–Kier alpha value is -1.56. The summed E-state index contributed by atoms with van der Waals surface area (Å²) >= 11 is 3.59. The molecule has 4 nitrogen and oxygen atoms in total. The van der Waals surface area contributed by atoms with Crippen LogP contribution in [0.4, 0.5) is 11.4 Å². The number of anilines is 2. The minimum Gasteiger partial charge on any atom is -0.453 e. The Morgan fingerprint density at radius 2 is 1.67 bits per heavy atom. The molecule has 0 aromatic heterocycles. The molecule has 2 heterocycles. The highest BCUT2D eigenvalue weighted by Gasteiger charge is 2.25. The maximum atomic E-state index is 6.09. The van der Waals surface area contributed by atoms with E-state index in [0.717, 1.165) is 66.6 Å². The van der Waals surface area contributed by atoms with E-state index in [2.05, 4.69) is 55.9 Å². The number of halogens is 1. The molecule has 0 saturated carbocycles. The summed E-state index contributed by atoms with van der Waals surface area (Å²) in [6.45, 7) is 6.63. The summed E-state index contributed by atoms with van der Waals surface area (Å²) < 4.78 is 7.16. The first-order chi connectivity index (χ1) is 11.7. The first-order valence-electron chi connectivity index (χ1n) is 8.45. The van der Waals surface area contributed by atoms with E-state index in [1.54, 1.807) is 0 Å². The molecule has 126 valence electrons. The Labute approximate surface area is 151 Å². The zero-order valence-electron chi connectivity index (χ0n) is 13.9. The summed E-state index contributed by atoms with van der Waals surface area (Å²) in [5, 5.41) is 0. The molecule has 2 aromatic rings. The molecule has 1 saturated heterocycles. The van der Waals surface area contributed by atoms with Crippen LogP contribution in [-0.4, -0.2) is 56.1 Å². The summed E-state index contributed by atoms with van der Waals surface area (Å²) in [6, 6.07) is 14.5. The third-order valence-electron chi connectivity index (χ3n) is 4.82. The molecule has 24 heavy (non-hydrogen) atoms. The number of likely N-dealkylation sites (N-methyl/N-ethyl adjacent to an activating group) is 1. The Kier molecular flexibility index (Phi) is 4.48. The van der Waals surface area contributed by atoms with Crippen LogP contribution in [0.1, 0.15) is 0 Å². The molecule has 0 unspecified atom stereocenters. The van der Waals surface area contributed by atoms with Crippen LogP contribution in [0.3, 0.4) is 0 Å². The summed E-state index contributed by atoms with van der Waals surface area (Å²) in [7, 11) is 2.20. The second-order valence-corrected chi connectivity index (χ2v) is 7.39. The number of rotatable bonds is 3. The van der Waals surface area contributed by atoms with Crippen LogP contribution in [0.2, 0.25) is 0 Å². The molecular weight excluding hydrogens is 366 g/mol. The largest absolute Gasteiger partial charge is 0.453 e. The van der Waals surface area contributed by atoms with Gasteiger partial charge in [-0.05, 0) is 37.4 Å². The summed E-state index contributed by atoms with van der Waals surface area (Å²) in [6.07, 6.45) is 0. The summed E-state index contributed by atoms with van der Waals surface area (Å²) in [5.41, 5.74) is 2.29. The fourth-order valence-corrected chi connectivity index (χ4v) is 3.71. The van der Waals surface area contributed by atoms with Gasteiger partial charge >= 0.3 is 0 Å². The van der Waals surface area contributed by atoms with E-state index in [9.17, 15) is 0 Å². The number of piperazine rings is 1. The summed E-state index contributed by atoms with van der Waals surface area (Å²) in [4.78, 5) is 7.33. The van der Waals surface area contributed by atoms with E-state index in [4.69, 9.17) is 4.74 Å². The maximum Gasteiger partial charge on any atom is 0.151 e. The van der Waals surface area contributed by atoms with Gasteiger partial charge in [0, 0.05) is 43.7 Å². The molecule has 1 fully saturated rings. The highest BCUT2D eigenvalue weighted by atomic mass is 79.9. The highest BCUT2D eigenvalue weighted by Crippen LogP contribution is 2.47. The number of hydrogen-bond acceptors (Lipinski definition) is 4. The minimum absolute atomic E-state index is 0.926. The predicted molar refractivity (Wildman–Crippen MR) is 102 cm³/mol. The number of ether oxygens (including phenoxy) is 1. The Morgan fingerprint density at radius 1 is 0.917 bits per heavy atom. The molecule has 0 bridgehead atoms. The maximum absolute atomic E-state index is 6.09. The molecule has 0 amide bonds. The lowest BCUT2D eigenvalue weighted by molar-refractivity contribution is 0.157. The second-order valence-electron chi connectivity index (χ2n) is 6.48. The molecule has 2 aliphatic rings. The molecule has 2 aromatic carbocycles. The third-order valence-corrected chi connectivity index (χ3v) is 5.32. The van der Waals surface area contributed by atoms with Crippen molar-refractivity contribution in [3.8, 4) is 11.5 Å². The smallest absolute Gasteiger partial charge is 0.151 e. The van der Waals surface area contributed by atoms with Gasteiger partial charge in [0.05, 0.1) is 11.4 Å². The number of fused-ring (bicyclic) bond motifs is 2. The van der Waals surface area contributed by atoms with Crippen molar-refractivity contribution < 1.29 is 4.74 Å². The van der Waals surface area contributed by atoms with Gasteiger partial charge in [0.1, 0.15) is 0 Å². The quantitative estimate of drug-likeness (QED) is 0.793. The molecule has 0 radical (unpaired) electrons. The van der Waals surface area contributed by atoms with Gasteiger partial charge in [-0.1, -0.05) is 28.1 Å². The average molecular weight is 388 g/mol. The van der Waals surface area contributed by atoms with E-state index >= 15 is 0 Å². The lowest BCUT2D eigenvalue weighted by Gasteiger charge is -2.36. The lowest BCUT2D eigenvalue weighted by Crippen LogP contribution is -2.46. The number of nitrogens with zero attached hydrogens (tertiary/aromatic N) is 3. The molecule has 4 rings (SSSR count). The Morgan fingerprint density at radius 3 is 2.50 bits per heavy atom. The van der Waals surface area contributed by atoms with E-state index in [1.807, 2.05) is 24.3 Å². The van der Waals surface area contributed by atoms with Crippen molar-refractivity contribution in [3.05, 3.63) is 46.9 Å². The Bertz CT molecular complexity index is 728. The van der Waals surface area contributed by atoms with Crippen molar-refractivity contribution in [3.63, 3.8) is 0 Å². The van der Waals surface area contributed by atoms with E-state index in [0.29, 0.717) is 0 Å². The number of hydrogen-bond donors (Lipinski definition) is 0. The van der Waals surface area contributed by atoms with Gasteiger partial charge in [-0.15, -0.1) is 0 Å². The second kappa shape index (κ2) is 6.75. The van der Waals surface area contributed by atoms with Crippen molar-refractivity contribution in [2.75, 3.05) is 51.2 Å². The normalized spacial score (nSPS) is 18.0. The van der Waals surface area contributed by atoms with E-state index in [-0.39, 0.29) is 0 Å². The molecule has 0 atom stereocenters. The molecular formula is C19H22BrN3O. The van der Waals surface area contributed by atoms with Crippen LogP contribution in [-0.2, 0) is 0 Å². The van der Waals surface area contributed by atoms with Gasteiger partial charge in [0.15, 0.2) is 11.5 Å². The van der Waals surface area contributed by atoms with Crippen molar-refractivity contribution >= 4 is 27.3 Å². The highest BCUT2D eigenvalue weighted by molar-refractivity contribution is 9.10. The number of para-hydroxylation sites is 2. The monoisotopic (exact) mass is 387 g/mol. The molecule has 0 spiro atoms. The molecule has 0 N–H and O–H groups in total. The van der Waals surface area contributed by atoms with Crippen LogP contribution < -0.4 is 9.64 Å². The van der Waals surface area contributed by atoms with Gasteiger partial charge in [-0.3, -0.25) is 4.90 Å². The third kappa shape index (κ3) is 3.16. The van der Waals surface area contributed by atoms with Crippen molar-refractivity contribution in [1.29, 1.82) is 0 Å². The van der Waals surface area contributed by atoms with Crippen LogP contribution in [0.25, 0.3) is 0 Å². The van der Waals surface area contributed by atoms with Gasteiger partial charge < -0.3 is 14.5 Å². The van der Waals surface area contributed by atoms with Crippen molar-refractivity contribution in [2.24, 2.45) is 0 Å². The van der Waals surface area contributed by atoms with Gasteiger partial charge in [0.25, 0.3) is 0 Å². The van der Waals surface area contributed by atoms with E-state index in [1.165, 1.54) is 0 Å². The van der Waals surface area contributed by atoms with Crippen LogP contribution in [0.5, 0.6) is 11.5 Å². The molecule has 0 aliphatic carbocycles. The van der Waals surface area contributed by atoms with Crippen molar-refractivity contribution in [1.82, 2.24) is 9.80 Å². The fraction of sp³-hybridized carbons (Fsp3) is 0.368. The SMILES string of the molecule is CN1CCN(CCN2c3ccccc3Oc3ccc(Br)cc32)CC1. The molecule has 2 aliphatic heterocycles. The minimum atomic E-state index is 0.926. The van der Waals surface area contributed by atoms with Crippen LogP contribution in [0, 0.1) is 0 Å². The average Bonchev–Trinajstić information content (AvgIpc) is 2.60. The first-order valence-corrected chi connectivity index (χ1v) is 9.25. The van der Waals surface area contributed by atoms with Crippen LogP contribution >= 0.6 is 15.9 Å². The predicted octanol–water partition coefficient (Wildman–Crippen LogP) is 3.94. The fourth-order valence-electron chi connectivity index (χ4n) is 3.36. The van der Waals surface area contributed by atoms with Gasteiger partial charge in [0.2, 0.25) is 0 Å². The Balaban J connectivity index is 1.58. The van der Waals surface area contributed by atoms with Gasteiger partial charge in [-0.2, -0.15) is 0 Å². The number of benzene rings is 2. The van der Waals surface area contributed by atoms with Crippen molar-refractivity contribution in [2.45, 2.75) is 0 Å². The lowest BCUT2D eigenvalue weighted by atomic mass is 10.1. The zero-order valence-corrected chi connectivity index (χ0v) is 15.5. The zero-order chi connectivity index (χ0) is 16.5. The van der Waals surface area contributed by atoms with Gasteiger partial charge in [-0.25, -0.2) is 0 Å². The topological polar surface area (TPSA) is 19.0 Å². The first kappa shape index (κ1) is 15.9. The molecule has 5 heteroatoms. The standard InChI is InChI=1S/C19H22BrN3O/c1-21-8-10-22(11-9-21)12-13-23-16-4-2-3-5-18(16)24-19-7-6-15(20)14-17(19)23/h2-7,14H,8-13H2,1H3. The van der Waals surface area contributed by atoms with E-state index < -0.39 is 0 Å².